The molecule has 1 fully saturated rings. The predicted octanol–water partition coefficient (Wildman–Crippen LogP) is 2.35. The standard InChI is InChI=1S/C15H27NO5/c1-14(2,3)20-10-8-11(12(17)19-7)16(9-10)13(18)21-15(4,5)6/h10-11H,8-9H2,1-7H3/t10?,11-/m0/s1. The van der Waals surface area contributed by atoms with Crippen molar-refractivity contribution in [1.29, 1.82) is 0 Å². The SMILES string of the molecule is COC(=O)[C@@H]1CC(OC(C)(C)C)CN1C(=O)OC(C)(C)C. The number of hydrogen-bond acceptors (Lipinski definition) is 5. The number of likely N-dealkylation sites (tertiary alicyclic amines) is 1. The minimum atomic E-state index is -0.655. The van der Waals surface area contributed by atoms with Crippen molar-refractivity contribution in [2.24, 2.45) is 0 Å². The maximum atomic E-state index is 12.2. The first-order valence-corrected chi connectivity index (χ1v) is 7.18. The van der Waals surface area contributed by atoms with Gasteiger partial charge in [-0.3, -0.25) is 4.90 Å². The number of amides is 1. The first-order chi connectivity index (χ1) is 9.43. The van der Waals surface area contributed by atoms with Crippen molar-refractivity contribution in [3.8, 4) is 0 Å². The topological polar surface area (TPSA) is 65.1 Å². The second-order valence-corrected chi connectivity index (χ2v) is 7.26. The summed E-state index contributed by atoms with van der Waals surface area (Å²) in [4.78, 5) is 25.5. The molecule has 0 saturated carbocycles. The molecule has 0 bridgehead atoms. The molecular formula is C15H27NO5. The molecule has 21 heavy (non-hydrogen) atoms. The molecule has 0 radical (unpaired) electrons. The summed E-state index contributed by atoms with van der Waals surface area (Å²) in [5, 5.41) is 0. The Balaban J connectivity index is 2.83. The van der Waals surface area contributed by atoms with Gasteiger partial charge < -0.3 is 14.2 Å². The third-order valence-corrected chi connectivity index (χ3v) is 2.88. The number of hydrogen-bond donors (Lipinski definition) is 0. The fraction of sp³-hybridized carbons (Fsp3) is 0.867. The van der Waals surface area contributed by atoms with Crippen LogP contribution >= 0.6 is 0 Å². The van der Waals surface area contributed by atoms with Crippen LogP contribution in [-0.2, 0) is 19.0 Å². The number of nitrogens with zero attached hydrogens (tertiary/aromatic N) is 1. The fourth-order valence-corrected chi connectivity index (χ4v) is 2.26. The summed E-state index contributed by atoms with van der Waals surface area (Å²) >= 11 is 0. The van der Waals surface area contributed by atoms with Gasteiger partial charge in [-0.1, -0.05) is 0 Å². The van der Waals surface area contributed by atoms with Crippen molar-refractivity contribution in [2.75, 3.05) is 13.7 Å². The molecule has 1 aliphatic heterocycles. The van der Waals surface area contributed by atoms with Crippen molar-refractivity contribution in [3.63, 3.8) is 0 Å². The van der Waals surface area contributed by atoms with Gasteiger partial charge in [0.1, 0.15) is 11.6 Å². The second kappa shape index (κ2) is 6.22. The van der Waals surface area contributed by atoms with Crippen molar-refractivity contribution < 1.29 is 23.8 Å². The lowest BCUT2D eigenvalue weighted by molar-refractivity contribution is -0.145. The number of rotatable bonds is 2. The molecule has 0 spiro atoms. The van der Waals surface area contributed by atoms with Gasteiger partial charge in [0.25, 0.3) is 0 Å². The van der Waals surface area contributed by atoms with Crippen LogP contribution in [0.1, 0.15) is 48.0 Å². The zero-order valence-corrected chi connectivity index (χ0v) is 14.1. The third-order valence-electron chi connectivity index (χ3n) is 2.88. The Morgan fingerprint density at radius 2 is 1.62 bits per heavy atom. The van der Waals surface area contributed by atoms with E-state index < -0.39 is 23.7 Å². The lowest BCUT2D eigenvalue weighted by Gasteiger charge is -2.27. The molecule has 1 unspecified atom stereocenters. The largest absolute Gasteiger partial charge is 0.467 e. The Hall–Kier alpha value is -1.30. The van der Waals surface area contributed by atoms with Gasteiger partial charge in [-0.2, -0.15) is 0 Å². The number of esters is 1. The van der Waals surface area contributed by atoms with E-state index >= 15 is 0 Å². The monoisotopic (exact) mass is 301 g/mol. The summed E-state index contributed by atoms with van der Waals surface area (Å²) in [6.45, 7) is 11.5. The Labute approximate surface area is 126 Å². The van der Waals surface area contributed by atoms with Crippen LogP contribution in [0.15, 0.2) is 0 Å². The van der Waals surface area contributed by atoms with Crippen LogP contribution < -0.4 is 0 Å². The number of carbonyl (C=O) groups excluding carboxylic acids is 2. The molecule has 122 valence electrons. The average Bonchev–Trinajstić information content (AvgIpc) is 2.67. The molecule has 1 heterocycles. The van der Waals surface area contributed by atoms with E-state index in [2.05, 4.69) is 0 Å². The zero-order valence-electron chi connectivity index (χ0n) is 14.1. The molecule has 1 aliphatic rings. The minimum absolute atomic E-state index is 0.207. The highest BCUT2D eigenvalue weighted by Gasteiger charge is 2.43. The number of carbonyl (C=O) groups is 2. The van der Waals surface area contributed by atoms with E-state index in [1.165, 1.54) is 12.0 Å². The van der Waals surface area contributed by atoms with Gasteiger partial charge in [0, 0.05) is 6.42 Å². The quantitative estimate of drug-likeness (QED) is 0.733. The maximum Gasteiger partial charge on any atom is 0.411 e. The van der Waals surface area contributed by atoms with E-state index in [1.54, 1.807) is 20.8 Å². The first-order valence-electron chi connectivity index (χ1n) is 7.18. The van der Waals surface area contributed by atoms with Crippen molar-refractivity contribution in [3.05, 3.63) is 0 Å². The van der Waals surface area contributed by atoms with E-state index in [0.29, 0.717) is 13.0 Å². The Kier molecular flexibility index (Phi) is 5.25. The van der Waals surface area contributed by atoms with Crippen molar-refractivity contribution >= 4 is 12.1 Å². The van der Waals surface area contributed by atoms with E-state index in [4.69, 9.17) is 14.2 Å². The smallest absolute Gasteiger partial charge is 0.411 e. The van der Waals surface area contributed by atoms with Crippen LogP contribution in [0.25, 0.3) is 0 Å². The summed E-state index contributed by atoms with van der Waals surface area (Å²) in [5.74, 6) is -0.444. The Morgan fingerprint density at radius 3 is 2.05 bits per heavy atom. The molecule has 0 aromatic heterocycles. The second-order valence-electron chi connectivity index (χ2n) is 7.26. The maximum absolute atomic E-state index is 12.2. The molecule has 6 nitrogen and oxygen atoms in total. The molecule has 0 aromatic carbocycles. The van der Waals surface area contributed by atoms with Gasteiger partial charge >= 0.3 is 12.1 Å². The fourth-order valence-electron chi connectivity index (χ4n) is 2.26. The highest BCUT2D eigenvalue weighted by molar-refractivity contribution is 5.82. The number of ether oxygens (including phenoxy) is 3. The minimum Gasteiger partial charge on any atom is -0.467 e. The summed E-state index contributed by atoms with van der Waals surface area (Å²) in [6, 6.07) is -0.655. The van der Waals surface area contributed by atoms with Crippen LogP contribution in [0, 0.1) is 0 Å². The Bertz CT molecular complexity index is 394. The molecule has 1 saturated heterocycles. The summed E-state index contributed by atoms with van der Waals surface area (Å²) < 4.78 is 16.0. The lowest BCUT2D eigenvalue weighted by atomic mass is 10.1. The van der Waals surface area contributed by atoms with Crippen LogP contribution in [0.2, 0.25) is 0 Å². The molecule has 0 aromatic rings. The summed E-state index contributed by atoms with van der Waals surface area (Å²) in [7, 11) is 1.31. The summed E-state index contributed by atoms with van der Waals surface area (Å²) in [5.41, 5.74) is -0.948. The molecule has 6 heteroatoms. The zero-order chi connectivity index (χ0) is 16.4. The summed E-state index contributed by atoms with van der Waals surface area (Å²) in [6.07, 6.45) is -0.303. The molecule has 0 aliphatic carbocycles. The van der Waals surface area contributed by atoms with E-state index in [0.717, 1.165) is 0 Å². The van der Waals surface area contributed by atoms with Gasteiger partial charge in [0.15, 0.2) is 0 Å². The predicted molar refractivity (Wildman–Crippen MR) is 78.0 cm³/mol. The average molecular weight is 301 g/mol. The lowest BCUT2D eigenvalue weighted by Crippen LogP contribution is -2.44. The third kappa shape index (κ3) is 5.53. The van der Waals surface area contributed by atoms with Gasteiger partial charge in [-0.15, -0.1) is 0 Å². The van der Waals surface area contributed by atoms with Crippen molar-refractivity contribution in [1.82, 2.24) is 4.90 Å². The van der Waals surface area contributed by atoms with Gasteiger partial charge in [0.05, 0.1) is 25.4 Å². The highest BCUT2D eigenvalue weighted by atomic mass is 16.6. The van der Waals surface area contributed by atoms with Crippen LogP contribution in [0.4, 0.5) is 4.79 Å². The molecular weight excluding hydrogens is 274 g/mol. The molecule has 2 atom stereocenters. The normalized spacial score (nSPS) is 23.1. The molecule has 1 amide bonds. The molecule has 1 rings (SSSR count). The first kappa shape index (κ1) is 17.8. The van der Waals surface area contributed by atoms with Gasteiger partial charge in [0.2, 0.25) is 0 Å². The highest BCUT2D eigenvalue weighted by Crippen LogP contribution is 2.27. The van der Waals surface area contributed by atoms with Crippen LogP contribution in [-0.4, -0.2) is 54.0 Å². The van der Waals surface area contributed by atoms with Crippen molar-refractivity contribution in [2.45, 2.75) is 71.3 Å². The van der Waals surface area contributed by atoms with Gasteiger partial charge in [-0.05, 0) is 41.5 Å². The van der Waals surface area contributed by atoms with E-state index in [9.17, 15) is 9.59 Å². The van der Waals surface area contributed by atoms with Crippen LogP contribution in [0.5, 0.6) is 0 Å². The number of methoxy groups -OCH3 is 1. The Morgan fingerprint density at radius 1 is 1.05 bits per heavy atom. The van der Waals surface area contributed by atoms with E-state index in [1.807, 2.05) is 20.8 Å². The van der Waals surface area contributed by atoms with Gasteiger partial charge in [-0.25, -0.2) is 9.59 Å². The van der Waals surface area contributed by atoms with Crippen LogP contribution in [0.3, 0.4) is 0 Å². The van der Waals surface area contributed by atoms with E-state index in [-0.39, 0.29) is 11.7 Å². The molecule has 0 N–H and O–H groups in total.